The second kappa shape index (κ2) is 4.72. The Morgan fingerprint density at radius 1 is 0.895 bits per heavy atom. The van der Waals surface area contributed by atoms with Gasteiger partial charge in [0.2, 0.25) is 0 Å². The van der Waals surface area contributed by atoms with Gasteiger partial charge in [-0.3, -0.25) is 4.98 Å². The highest BCUT2D eigenvalue weighted by Crippen LogP contribution is 2.36. The van der Waals surface area contributed by atoms with Crippen molar-refractivity contribution in [1.29, 1.82) is 0 Å². The standard InChI is InChI=1S/C15H9Cl2NO/c16-12-7-11(8-13(17)15(12)19)9-3-4-14-10(6-9)2-1-5-18-14/h1-8,19H. The minimum Gasteiger partial charge on any atom is -0.505 e. The number of halogens is 2. The molecular formula is C15H9Cl2NO. The number of hydrogen-bond donors (Lipinski definition) is 1. The van der Waals surface area contributed by atoms with Gasteiger partial charge in [-0.2, -0.15) is 0 Å². The summed E-state index contributed by atoms with van der Waals surface area (Å²) in [7, 11) is 0. The Hall–Kier alpha value is -1.77. The molecule has 2 nitrogen and oxygen atoms in total. The molecule has 0 saturated carbocycles. The Morgan fingerprint density at radius 2 is 1.63 bits per heavy atom. The SMILES string of the molecule is Oc1c(Cl)cc(-c2ccc3ncccc3c2)cc1Cl. The maximum Gasteiger partial charge on any atom is 0.152 e. The average molecular weight is 290 g/mol. The Kier molecular flexibility index (Phi) is 3.05. The van der Waals surface area contributed by atoms with Crippen molar-refractivity contribution in [2.45, 2.75) is 0 Å². The van der Waals surface area contributed by atoms with Crippen molar-refractivity contribution in [3.8, 4) is 16.9 Å². The van der Waals surface area contributed by atoms with Gasteiger partial charge in [-0.15, -0.1) is 0 Å². The zero-order valence-corrected chi connectivity index (χ0v) is 11.3. The van der Waals surface area contributed by atoms with E-state index in [1.165, 1.54) is 0 Å². The van der Waals surface area contributed by atoms with Crippen LogP contribution in [0, 0.1) is 0 Å². The van der Waals surface area contributed by atoms with Crippen LogP contribution < -0.4 is 0 Å². The van der Waals surface area contributed by atoms with E-state index < -0.39 is 0 Å². The summed E-state index contributed by atoms with van der Waals surface area (Å²) in [5, 5.41) is 11.1. The molecule has 0 amide bonds. The van der Waals surface area contributed by atoms with Gasteiger partial charge < -0.3 is 5.11 Å². The molecule has 0 aliphatic heterocycles. The number of hydrogen-bond acceptors (Lipinski definition) is 2. The van der Waals surface area contributed by atoms with Crippen molar-refractivity contribution in [2.75, 3.05) is 0 Å². The third kappa shape index (κ3) is 2.25. The van der Waals surface area contributed by atoms with E-state index in [9.17, 15) is 5.11 Å². The fraction of sp³-hybridized carbons (Fsp3) is 0. The molecule has 0 spiro atoms. The minimum absolute atomic E-state index is 0.0884. The Balaban J connectivity index is 2.19. The van der Waals surface area contributed by atoms with E-state index in [1.54, 1.807) is 18.3 Å². The molecule has 3 rings (SSSR count). The normalized spacial score (nSPS) is 10.8. The Morgan fingerprint density at radius 3 is 2.37 bits per heavy atom. The molecule has 0 aliphatic rings. The molecule has 3 aromatic rings. The smallest absolute Gasteiger partial charge is 0.152 e. The van der Waals surface area contributed by atoms with Crippen LogP contribution in [0.2, 0.25) is 10.0 Å². The van der Waals surface area contributed by atoms with Gasteiger partial charge in [0.25, 0.3) is 0 Å². The highest BCUT2D eigenvalue weighted by Gasteiger charge is 2.08. The number of benzene rings is 2. The van der Waals surface area contributed by atoms with Gasteiger partial charge in [0.15, 0.2) is 5.75 Å². The predicted octanol–water partition coefficient (Wildman–Crippen LogP) is 4.91. The quantitative estimate of drug-likeness (QED) is 0.690. The van der Waals surface area contributed by atoms with Gasteiger partial charge in [0.1, 0.15) is 0 Å². The molecule has 0 unspecified atom stereocenters. The molecule has 0 atom stereocenters. The van der Waals surface area contributed by atoms with Crippen LogP contribution in [-0.2, 0) is 0 Å². The first kappa shape index (κ1) is 12.3. The number of aromatic nitrogens is 1. The number of nitrogens with zero attached hydrogens (tertiary/aromatic N) is 1. The fourth-order valence-electron chi connectivity index (χ4n) is 1.99. The Labute approximate surface area is 120 Å². The van der Waals surface area contributed by atoms with Crippen LogP contribution >= 0.6 is 23.2 Å². The summed E-state index contributed by atoms with van der Waals surface area (Å²) in [4.78, 5) is 4.27. The lowest BCUT2D eigenvalue weighted by molar-refractivity contribution is 0.476. The molecule has 94 valence electrons. The minimum atomic E-state index is -0.0884. The zero-order chi connectivity index (χ0) is 13.4. The topological polar surface area (TPSA) is 33.1 Å². The first-order chi connectivity index (χ1) is 9.15. The summed E-state index contributed by atoms with van der Waals surface area (Å²) in [6.45, 7) is 0. The highest BCUT2D eigenvalue weighted by molar-refractivity contribution is 6.37. The molecule has 1 N–H and O–H groups in total. The third-order valence-corrected chi connectivity index (χ3v) is 3.53. The molecule has 0 radical (unpaired) electrons. The Bertz CT molecular complexity index is 748. The molecule has 1 heterocycles. The first-order valence-electron chi connectivity index (χ1n) is 5.68. The van der Waals surface area contributed by atoms with E-state index in [1.807, 2.05) is 30.3 Å². The van der Waals surface area contributed by atoms with E-state index in [0.29, 0.717) is 0 Å². The zero-order valence-electron chi connectivity index (χ0n) is 9.77. The number of pyridine rings is 1. The molecule has 1 aromatic heterocycles. The van der Waals surface area contributed by atoms with Crippen molar-refractivity contribution in [1.82, 2.24) is 4.98 Å². The van der Waals surface area contributed by atoms with Gasteiger partial charge in [0, 0.05) is 11.6 Å². The van der Waals surface area contributed by atoms with Crippen LogP contribution in [0.5, 0.6) is 5.75 Å². The molecule has 0 aliphatic carbocycles. The number of rotatable bonds is 1. The van der Waals surface area contributed by atoms with Crippen LogP contribution in [0.15, 0.2) is 48.7 Å². The van der Waals surface area contributed by atoms with Gasteiger partial charge in [0.05, 0.1) is 15.6 Å². The molecule has 19 heavy (non-hydrogen) atoms. The number of aromatic hydroxyl groups is 1. The molecule has 4 heteroatoms. The number of fused-ring (bicyclic) bond motifs is 1. The summed E-state index contributed by atoms with van der Waals surface area (Å²) in [6, 6.07) is 13.2. The van der Waals surface area contributed by atoms with Crippen LogP contribution in [0.4, 0.5) is 0 Å². The van der Waals surface area contributed by atoms with E-state index in [2.05, 4.69) is 4.98 Å². The average Bonchev–Trinajstić information content (AvgIpc) is 2.43. The largest absolute Gasteiger partial charge is 0.505 e. The summed E-state index contributed by atoms with van der Waals surface area (Å²) in [5.74, 6) is -0.0884. The maximum absolute atomic E-state index is 9.58. The maximum atomic E-state index is 9.58. The summed E-state index contributed by atoms with van der Waals surface area (Å²) >= 11 is 11.9. The molecule has 0 bridgehead atoms. The fourth-order valence-corrected chi connectivity index (χ4v) is 2.47. The summed E-state index contributed by atoms with van der Waals surface area (Å²) < 4.78 is 0. The molecular weight excluding hydrogens is 281 g/mol. The number of phenols is 1. The lowest BCUT2D eigenvalue weighted by Gasteiger charge is -2.07. The van der Waals surface area contributed by atoms with Crippen LogP contribution in [0.25, 0.3) is 22.0 Å². The van der Waals surface area contributed by atoms with Crippen molar-refractivity contribution in [3.05, 3.63) is 58.7 Å². The molecule has 2 aromatic carbocycles. The monoisotopic (exact) mass is 289 g/mol. The second-order valence-electron chi connectivity index (χ2n) is 4.20. The van der Waals surface area contributed by atoms with E-state index in [0.717, 1.165) is 22.0 Å². The van der Waals surface area contributed by atoms with Crippen molar-refractivity contribution in [3.63, 3.8) is 0 Å². The second-order valence-corrected chi connectivity index (χ2v) is 5.01. The lowest BCUT2D eigenvalue weighted by Crippen LogP contribution is -1.82. The number of phenolic OH excluding ortho intramolecular Hbond substituents is 1. The van der Waals surface area contributed by atoms with E-state index >= 15 is 0 Å². The predicted molar refractivity (Wildman–Crippen MR) is 78.9 cm³/mol. The van der Waals surface area contributed by atoms with Crippen LogP contribution in [0.1, 0.15) is 0 Å². The van der Waals surface area contributed by atoms with Gasteiger partial charge in [-0.25, -0.2) is 0 Å². The van der Waals surface area contributed by atoms with Gasteiger partial charge in [-0.05, 0) is 41.5 Å². The third-order valence-electron chi connectivity index (χ3n) is 2.95. The van der Waals surface area contributed by atoms with Crippen molar-refractivity contribution >= 4 is 34.1 Å². The molecule has 0 saturated heterocycles. The lowest BCUT2D eigenvalue weighted by atomic mass is 10.0. The summed E-state index contributed by atoms with van der Waals surface area (Å²) in [5.41, 5.74) is 2.77. The highest BCUT2D eigenvalue weighted by atomic mass is 35.5. The van der Waals surface area contributed by atoms with Crippen molar-refractivity contribution in [2.24, 2.45) is 0 Å². The molecule has 0 fully saturated rings. The first-order valence-corrected chi connectivity index (χ1v) is 6.44. The van der Waals surface area contributed by atoms with Crippen LogP contribution in [-0.4, -0.2) is 10.1 Å². The van der Waals surface area contributed by atoms with E-state index in [-0.39, 0.29) is 15.8 Å². The van der Waals surface area contributed by atoms with E-state index in [4.69, 9.17) is 23.2 Å². The summed E-state index contributed by atoms with van der Waals surface area (Å²) in [6.07, 6.45) is 1.76. The van der Waals surface area contributed by atoms with Crippen molar-refractivity contribution < 1.29 is 5.11 Å². The van der Waals surface area contributed by atoms with Gasteiger partial charge >= 0.3 is 0 Å². The van der Waals surface area contributed by atoms with Crippen LogP contribution in [0.3, 0.4) is 0 Å². The van der Waals surface area contributed by atoms with Gasteiger partial charge in [-0.1, -0.05) is 35.3 Å².